The number of nitrogens with zero attached hydrogens (tertiary/aromatic N) is 2. The summed E-state index contributed by atoms with van der Waals surface area (Å²) in [5, 5.41) is 25.7. The molecule has 8 nitrogen and oxygen atoms in total. The molecule has 1 amide bonds. The highest BCUT2D eigenvalue weighted by molar-refractivity contribution is 5.98. The molecule has 26 heavy (non-hydrogen) atoms. The van der Waals surface area contributed by atoms with Crippen molar-refractivity contribution in [2.45, 2.75) is 26.2 Å². The Hall–Kier alpha value is -3.42. The van der Waals surface area contributed by atoms with Gasteiger partial charge in [-0.05, 0) is 25.5 Å². The third-order valence-corrected chi connectivity index (χ3v) is 4.72. The molecule has 0 saturated carbocycles. The van der Waals surface area contributed by atoms with Crippen LogP contribution in [0.4, 0.5) is 5.82 Å². The van der Waals surface area contributed by atoms with Crippen molar-refractivity contribution in [3.63, 3.8) is 0 Å². The van der Waals surface area contributed by atoms with E-state index in [0.29, 0.717) is 5.56 Å². The number of carboxylic acids is 1. The third kappa shape index (κ3) is 2.46. The number of carbonyl (C=O) groups is 2. The van der Waals surface area contributed by atoms with Gasteiger partial charge in [0.1, 0.15) is 5.69 Å². The molecular weight excluding hydrogens is 334 g/mol. The van der Waals surface area contributed by atoms with Crippen molar-refractivity contribution in [2.24, 2.45) is 0 Å². The van der Waals surface area contributed by atoms with Gasteiger partial charge in [0.25, 0.3) is 0 Å². The van der Waals surface area contributed by atoms with Gasteiger partial charge in [0, 0.05) is 29.0 Å². The zero-order chi connectivity index (χ0) is 18.4. The first-order valence-corrected chi connectivity index (χ1v) is 8.18. The average Bonchev–Trinajstić information content (AvgIpc) is 3.23. The van der Waals surface area contributed by atoms with Gasteiger partial charge in [-0.3, -0.25) is 15.0 Å². The second kappa shape index (κ2) is 5.83. The lowest BCUT2D eigenvalue weighted by atomic mass is 9.84. The van der Waals surface area contributed by atoms with Gasteiger partial charge in [0.15, 0.2) is 5.82 Å². The first-order valence-electron chi connectivity index (χ1n) is 8.18. The molecule has 1 aliphatic heterocycles. The predicted molar refractivity (Wildman–Crippen MR) is 94.1 cm³/mol. The Labute approximate surface area is 148 Å². The number of benzene rings is 1. The van der Waals surface area contributed by atoms with Gasteiger partial charge in [-0.15, -0.1) is 0 Å². The van der Waals surface area contributed by atoms with Crippen molar-refractivity contribution < 1.29 is 14.7 Å². The van der Waals surface area contributed by atoms with Crippen LogP contribution in [0.2, 0.25) is 0 Å². The van der Waals surface area contributed by atoms with Crippen LogP contribution in [0, 0.1) is 13.8 Å². The van der Waals surface area contributed by atoms with Crippen LogP contribution < -0.4 is 5.32 Å². The number of anilines is 1. The SMILES string of the molecule is Cc1ccc(C)c(-c2[nH]ncc2C2CC(=O)Nc3n[nH]c(C(=O)O)c32)c1. The Morgan fingerprint density at radius 2 is 2.08 bits per heavy atom. The zero-order valence-electron chi connectivity index (χ0n) is 14.3. The minimum Gasteiger partial charge on any atom is -0.477 e. The fourth-order valence-electron chi connectivity index (χ4n) is 3.46. The van der Waals surface area contributed by atoms with E-state index in [-0.39, 0.29) is 23.8 Å². The van der Waals surface area contributed by atoms with Crippen molar-refractivity contribution in [3.8, 4) is 11.3 Å². The molecular formula is C18H17N5O3. The standard InChI is InChI=1S/C18H17N5O3/c1-8-3-4-9(2)10(5-8)15-12(7-19-21-15)11-6-13(24)20-17-14(11)16(18(25)26)22-23-17/h3-5,7,11H,6H2,1-2H3,(H,19,21)(H,25,26)(H2,20,22,23,24). The molecule has 1 atom stereocenters. The quantitative estimate of drug-likeness (QED) is 0.577. The fraction of sp³-hybridized carbons (Fsp3) is 0.222. The highest BCUT2D eigenvalue weighted by Gasteiger charge is 2.35. The van der Waals surface area contributed by atoms with Crippen molar-refractivity contribution >= 4 is 17.7 Å². The van der Waals surface area contributed by atoms with E-state index in [1.165, 1.54) is 0 Å². The topological polar surface area (TPSA) is 124 Å². The van der Waals surface area contributed by atoms with Gasteiger partial charge in [-0.1, -0.05) is 17.7 Å². The summed E-state index contributed by atoms with van der Waals surface area (Å²) in [5.74, 6) is -1.51. The van der Waals surface area contributed by atoms with Crippen LogP contribution in [-0.2, 0) is 4.79 Å². The largest absolute Gasteiger partial charge is 0.477 e. The molecule has 3 aromatic rings. The molecule has 4 N–H and O–H groups in total. The highest BCUT2D eigenvalue weighted by atomic mass is 16.4. The van der Waals surface area contributed by atoms with Gasteiger partial charge in [0.05, 0.1) is 11.9 Å². The summed E-state index contributed by atoms with van der Waals surface area (Å²) >= 11 is 0. The van der Waals surface area contributed by atoms with Crippen molar-refractivity contribution in [1.82, 2.24) is 20.4 Å². The van der Waals surface area contributed by atoms with Crippen LogP contribution in [0.3, 0.4) is 0 Å². The Morgan fingerprint density at radius 1 is 1.27 bits per heavy atom. The minimum atomic E-state index is -1.11. The number of nitrogens with one attached hydrogen (secondary N) is 3. The maximum atomic E-state index is 12.1. The Morgan fingerprint density at radius 3 is 2.85 bits per heavy atom. The van der Waals surface area contributed by atoms with Gasteiger partial charge >= 0.3 is 5.97 Å². The Balaban J connectivity index is 1.90. The van der Waals surface area contributed by atoms with Crippen molar-refractivity contribution in [1.29, 1.82) is 0 Å². The number of aromatic nitrogens is 4. The number of aromatic amines is 2. The maximum absolute atomic E-state index is 12.1. The molecule has 2 aromatic heterocycles. The van der Waals surface area contributed by atoms with Gasteiger partial charge in [-0.2, -0.15) is 10.2 Å². The highest BCUT2D eigenvalue weighted by Crippen LogP contribution is 2.41. The smallest absolute Gasteiger partial charge is 0.354 e. The number of carbonyl (C=O) groups excluding carboxylic acids is 1. The molecule has 0 radical (unpaired) electrons. The molecule has 1 aromatic carbocycles. The van der Waals surface area contributed by atoms with E-state index in [1.54, 1.807) is 6.20 Å². The first-order chi connectivity index (χ1) is 12.5. The lowest BCUT2D eigenvalue weighted by Crippen LogP contribution is -2.24. The Bertz CT molecular complexity index is 1030. The number of H-pyrrole nitrogens is 2. The molecule has 132 valence electrons. The number of amides is 1. The van der Waals surface area contributed by atoms with Crippen LogP contribution in [0.25, 0.3) is 11.3 Å². The molecule has 0 bridgehead atoms. The average molecular weight is 351 g/mol. The second-order valence-electron chi connectivity index (χ2n) is 6.49. The van der Waals surface area contributed by atoms with Crippen molar-refractivity contribution in [3.05, 3.63) is 52.3 Å². The normalized spacial score (nSPS) is 16.2. The number of carboxylic acid groups (broad SMARTS) is 1. The van der Waals surface area contributed by atoms with Gasteiger partial charge in [0.2, 0.25) is 5.91 Å². The minimum absolute atomic E-state index is 0.0156. The molecule has 8 heteroatoms. The monoisotopic (exact) mass is 351 g/mol. The summed E-state index contributed by atoms with van der Waals surface area (Å²) in [6.07, 6.45) is 1.78. The molecule has 0 aliphatic carbocycles. The summed E-state index contributed by atoms with van der Waals surface area (Å²) < 4.78 is 0. The van der Waals surface area contributed by atoms with Crippen LogP contribution in [0.15, 0.2) is 24.4 Å². The molecule has 1 unspecified atom stereocenters. The second-order valence-corrected chi connectivity index (χ2v) is 6.49. The number of aryl methyl sites for hydroxylation is 2. The van der Waals surface area contributed by atoms with E-state index in [1.807, 2.05) is 32.0 Å². The maximum Gasteiger partial charge on any atom is 0.354 e. The summed E-state index contributed by atoms with van der Waals surface area (Å²) in [5.41, 5.74) is 5.16. The van der Waals surface area contributed by atoms with E-state index in [4.69, 9.17) is 0 Å². The van der Waals surface area contributed by atoms with E-state index in [9.17, 15) is 14.7 Å². The molecule has 1 aliphatic rings. The number of hydrogen-bond acceptors (Lipinski definition) is 4. The number of hydrogen-bond donors (Lipinski definition) is 4. The summed E-state index contributed by atoms with van der Waals surface area (Å²) in [6.45, 7) is 4.00. The molecule has 0 spiro atoms. The molecule has 3 heterocycles. The summed E-state index contributed by atoms with van der Waals surface area (Å²) in [7, 11) is 0. The van der Waals surface area contributed by atoms with Gasteiger partial charge in [-0.25, -0.2) is 4.79 Å². The number of aromatic carboxylic acids is 1. The number of fused-ring (bicyclic) bond motifs is 1. The predicted octanol–water partition coefficient (Wildman–Crippen LogP) is 2.59. The van der Waals surface area contributed by atoms with Gasteiger partial charge < -0.3 is 10.4 Å². The lowest BCUT2D eigenvalue weighted by molar-refractivity contribution is -0.116. The van der Waals surface area contributed by atoms with Crippen LogP contribution in [-0.4, -0.2) is 37.4 Å². The van der Waals surface area contributed by atoms with E-state index < -0.39 is 11.9 Å². The van der Waals surface area contributed by atoms with Crippen LogP contribution >= 0.6 is 0 Å². The molecule has 0 saturated heterocycles. The van der Waals surface area contributed by atoms with Crippen LogP contribution in [0.1, 0.15) is 45.1 Å². The first kappa shape index (κ1) is 16.1. The third-order valence-electron chi connectivity index (χ3n) is 4.72. The summed E-state index contributed by atoms with van der Waals surface area (Å²) in [6, 6.07) is 6.10. The van der Waals surface area contributed by atoms with E-state index >= 15 is 0 Å². The van der Waals surface area contributed by atoms with Crippen molar-refractivity contribution in [2.75, 3.05) is 5.32 Å². The Kier molecular flexibility index (Phi) is 3.61. The fourth-order valence-corrected chi connectivity index (χ4v) is 3.46. The molecule has 4 rings (SSSR count). The lowest BCUT2D eigenvalue weighted by Gasteiger charge is -2.23. The zero-order valence-corrected chi connectivity index (χ0v) is 14.3. The van der Waals surface area contributed by atoms with E-state index in [0.717, 1.165) is 27.9 Å². The molecule has 0 fully saturated rings. The van der Waals surface area contributed by atoms with E-state index in [2.05, 4.69) is 25.7 Å². The number of rotatable bonds is 3. The summed E-state index contributed by atoms with van der Waals surface area (Å²) in [4.78, 5) is 23.7. The van der Waals surface area contributed by atoms with Crippen LogP contribution in [0.5, 0.6) is 0 Å².